The number of amidine groups is 1. The highest BCUT2D eigenvalue weighted by Crippen LogP contribution is 2.30. The molecular formula is C12H17N3O3S. The average Bonchev–Trinajstić information content (AvgIpc) is 2.70. The summed E-state index contributed by atoms with van der Waals surface area (Å²) >= 11 is 0. The van der Waals surface area contributed by atoms with E-state index in [0.29, 0.717) is 6.61 Å². The first-order valence-electron chi connectivity index (χ1n) is 5.77. The molecule has 2 N–H and O–H groups in total. The third-order valence-corrected chi connectivity index (χ3v) is 4.94. The number of benzene rings is 1. The first-order chi connectivity index (χ1) is 8.75. The van der Waals surface area contributed by atoms with Crippen LogP contribution in [0.25, 0.3) is 0 Å². The van der Waals surface area contributed by atoms with E-state index < -0.39 is 15.6 Å². The summed E-state index contributed by atoms with van der Waals surface area (Å²) in [5, 5.41) is 0. The van der Waals surface area contributed by atoms with Gasteiger partial charge < -0.3 is 10.5 Å². The van der Waals surface area contributed by atoms with Gasteiger partial charge in [0.05, 0.1) is 4.90 Å². The van der Waals surface area contributed by atoms with Crippen LogP contribution in [-0.4, -0.2) is 39.4 Å². The maximum atomic E-state index is 12.0. The molecular weight excluding hydrogens is 266 g/mol. The number of hydrogen-bond acceptors (Lipinski definition) is 5. The minimum Gasteiger partial charge on any atom is -0.462 e. The number of nitrogens with two attached hydrogens (primary N) is 1. The van der Waals surface area contributed by atoms with Crippen LogP contribution in [-0.2, 0) is 20.3 Å². The summed E-state index contributed by atoms with van der Waals surface area (Å²) in [7, 11) is -0.405. The Kier molecular flexibility index (Phi) is 3.27. The summed E-state index contributed by atoms with van der Waals surface area (Å²) in [6, 6.07) is 6.77. The number of sulfonamides is 1. The molecule has 0 spiro atoms. The van der Waals surface area contributed by atoms with Gasteiger partial charge in [0.25, 0.3) is 6.02 Å². The predicted molar refractivity (Wildman–Crippen MR) is 72.2 cm³/mol. The molecule has 0 saturated carbocycles. The van der Waals surface area contributed by atoms with E-state index in [-0.39, 0.29) is 10.9 Å². The van der Waals surface area contributed by atoms with Crippen molar-refractivity contribution in [3.63, 3.8) is 0 Å². The van der Waals surface area contributed by atoms with Gasteiger partial charge in [-0.1, -0.05) is 12.1 Å². The first-order valence-corrected chi connectivity index (χ1v) is 7.21. The second kappa shape index (κ2) is 4.50. The molecule has 1 unspecified atom stereocenters. The molecule has 0 aliphatic carbocycles. The highest BCUT2D eigenvalue weighted by atomic mass is 32.2. The molecule has 0 radical (unpaired) electrons. The van der Waals surface area contributed by atoms with Crippen molar-refractivity contribution < 1.29 is 13.2 Å². The molecule has 0 amide bonds. The lowest BCUT2D eigenvalue weighted by Crippen LogP contribution is -2.23. The van der Waals surface area contributed by atoms with Crippen molar-refractivity contribution in [2.75, 3.05) is 20.7 Å². The highest BCUT2D eigenvalue weighted by Gasteiger charge is 2.33. The fraction of sp³-hybridized carbons (Fsp3) is 0.417. The summed E-state index contributed by atoms with van der Waals surface area (Å²) < 4.78 is 30.2. The smallest absolute Gasteiger partial charge is 0.283 e. The molecule has 0 saturated heterocycles. The Balaban J connectivity index is 2.35. The van der Waals surface area contributed by atoms with Gasteiger partial charge in [-0.05, 0) is 24.6 Å². The predicted octanol–water partition coefficient (Wildman–Crippen LogP) is 0.497. The molecule has 1 aliphatic rings. The average molecular weight is 283 g/mol. The molecule has 0 aromatic heterocycles. The standard InChI is InChI=1S/C12H17N3O3S/c1-12(8-18-11(13)14-12)9-4-6-10(7-5-9)19(16,17)15(2)3/h4-7H,8H2,1-3H3,(H2,13,14). The van der Waals surface area contributed by atoms with Crippen molar-refractivity contribution in [2.24, 2.45) is 10.7 Å². The van der Waals surface area contributed by atoms with Crippen LogP contribution >= 0.6 is 0 Å². The Hall–Kier alpha value is -1.60. The van der Waals surface area contributed by atoms with E-state index in [1.54, 1.807) is 24.3 Å². The minimum atomic E-state index is -3.41. The molecule has 7 heteroatoms. The largest absolute Gasteiger partial charge is 0.462 e. The molecule has 0 bridgehead atoms. The molecule has 0 fully saturated rings. The maximum absolute atomic E-state index is 12.0. The fourth-order valence-corrected chi connectivity index (χ4v) is 2.77. The van der Waals surface area contributed by atoms with Crippen molar-refractivity contribution >= 4 is 16.0 Å². The molecule has 19 heavy (non-hydrogen) atoms. The van der Waals surface area contributed by atoms with Crippen LogP contribution in [0, 0.1) is 0 Å². The number of ether oxygens (including phenoxy) is 1. The molecule has 6 nitrogen and oxygen atoms in total. The number of aliphatic imine (C=N–C) groups is 1. The second-order valence-corrected chi connectivity index (χ2v) is 6.98. The zero-order valence-electron chi connectivity index (χ0n) is 11.1. The van der Waals surface area contributed by atoms with Gasteiger partial charge in [-0.3, -0.25) is 0 Å². The van der Waals surface area contributed by atoms with Gasteiger partial charge in [-0.2, -0.15) is 0 Å². The Morgan fingerprint density at radius 3 is 2.32 bits per heavy atom. The Labute approximate surface area is 112 Å². The van der Waals surface area contributed by atoms with E-state index in [2.05, 4.69) is 4.99 Å². The monoisotopic (exact) mass is 283 g/mol. The van der Waals surface area contributed by atoms with Gasteiger partial charge in [0, 0.05) is 14.1 Å². The van der Waals surface area contributed by atoms with Gasteiger partial charge in [-0.25, -0.2) is 17.7 Å². The van der Waals surface area contributed by atoms with E-state index in [4.69, 9.17) is 10.5 Å². The van der Waals surface area contributed by atoms with Gasteiger partial charge in [0.1, 0.15) is 12.1 Å². The molecule has 2 rings (SSSR count). The normalized spacial score (nSPS) is 23.3. The topological polar surface area (TPSA) is 85.0 Å². The lowest BCUT2D eigenvalue weighted by Gasteiger charge is -2.19. The minimum absolute atomic E-state index is 0.160. The van der Waals surface area contributed by atoms with Crippen molar-refractivity contribution in [3.8, 4) is 0 Å². The molecule has 1 aromatic rings. The lowest BCUT2D eigenvalue weighted by atomic mass is 9.94. The van der Waals surface area contributed by atoms with E-state index in [1.807, 2.05) is 6.92 Å². The van der Waals surface area contributed by atoms with E-state index in [1.165, 1.54) is 18.4 Å². The van der Waals surface area contributed by atoms with Gasteiger partial charge >= 0.3 is 0 Å². The molecule has 1 atom stereocenters. The van der Waals surface area contributed by atoms with Crippen molar-refractivity contribution in [1.82, 2.24) is 4.31 Å². The number of nitrogens with zero attached hydrogens (tertiary/aromatic N) is 2. The summed E-state index contributed by atoms with van der Waals surface area (Å²) in [6.45, 7) is 2.25. The number of rotatable bonds is 3. The number of hydrogen-bond donors (Lipinski definition) is 1. The Morgan fingerprint density at radius 2 is 1.89 bits per heavy atom. The molecule has 1 heterocycles. The fourth-order valence-electron chi connectivity index (χ4n) is 1.87. The summed E-state index contributed by atoms with van der Waals surface area (Å²) in [6.07, 6.45) is 0. The van der Waals surface area contributed by atoms with Crippen LogP contribution in [0.4, 0.5) is 0 Å². The summed E-state index contributed by atoms with van der Waals surface area (Å²) in [5.74, 6) is 0. The highest BCUT2D eigenvalue weighted by molar-refractivity contribution is 7.89. The Bertz CT molecular complexity index is 608. The second-order valence-electron chi connectivity index (χ2n) is 4.82. The van der Waals surface area contributed by atoms with E-state index >= 15 is 0 Å². The third kappa shape index (κ3) is 2.43. The van der Waals surface area contributed by atoms with Crippen LogP contribution in [0.3, 0.4) is 0 Å². The molecule has 1 aromatic carbocycles. The van der Waals surface area contributed by atoms with Crippen molar-refractivity contribution in [3.05, 3.63) is 29.8 Å². The van der Waals surface area contributed by atoms with E-state index in [0.717, 1.165) is 5.56 Å². The van der Waals surface area contributed by atoms with Gasteiger partial charge in [0.2, 0.25) is 10.0 Å². The van der Waals surface area contributed by atoms with Crippen LogP contribution in [0.5, 0.6) is 0 Å². The van der Waals surface area contributed by atoms with Crippen LogP contribution < -0.4 is 5.73 Å². The van der Waals surface area contributed by atoms with Crippen LogP contribution in [0.1, 0.15) is 12.5 Å². The summed E-state index contributed by atoms with van der Waals surface area (Å²) in [4.78, 5) is 4.48. The zero-order chi connectivity index (χ0) is 14.3. The van der Waals surface area contributed by atoms with E-state index in [9.17, 15) is 8.42 Å². The molecule has 104 valence electrons. The molecule has 1 aliphatic heterocycles. The quantitative estimate of drug-likeness (QED) is 0.875. The SMILES string of the molecule is CN(C)S(=O)(=O)c1ccc(C2(C)COC(N)=N2)cc1. The van der Waals surface area contributed by atoms with Crippen LogP contribution in [0.2, 0.25) is 0 Å². The van der Waals surface area contributed by atoms with Crippen molar-refractivity contribution in [1.29, 1.82) is 0 Å². The third-order valence-electron chi connectivity index (χ3n) is 3.11. The first kappa shape index (κ1) is 13.8. The van der Waals surface area contributed by atoms with Crippen molar-refractivity contribution in [2.45, 2.75) is 17.4 Å². The van der Waals surface area contributed by atoms with Gasteiger partial charge in [0.15, 0.2) is 0 Å². The zero-order valence-corrected chi connectivity index (χ0v) is 11.9. The Morgan fingerprint density at radius 1 is 1.32 bits per heavy atom. The summed E-state index contributed by atoms with van der Waals surface area (Å²) in [5.41, 5.74) is 5.83. The van der Waals surface area contributed by atoms with Gasteiger partial charge in [-0.15, -0.1) is 0 Å². The maximum Gasteiger partial charge on any atom is 0.283 e. The lowest BCUT2D eigenvalue weighted by molar-refractivity contribution is 0.266. The van der Waals surface area contributed by atoms with Crippen LogP contribution in [0.15, 0.2) is 34.2 Å².